The summed E-state index contributed by atoms with van der Waals surface area (Å²) in [6, 6.07) is 28.1. The normalized spacial score (nSPS) is 17.4. The third-order valence-electron chi connectivity index (χ3n) is 7.03. The zero-order valence-electron chi connectivity index (χ0n) is 19.9. The molecule has 1 aliphatic rings. The van der Waals surface area contributed by atoms with Crippen molar-refractivity contribution in [3.8, 4) is 0 Å². The number of nitrogens with one attached hydrogen (secondary N) is 1. The number of benzene rings is 3. The number of thiazole rings is 1. The van der Waals surface area contributed by atoms with E-state index in [4.69, 9.17) is 0 Å². The molecule has 0 aliphatic heterocycles. The van der Waals surface area contributed by atoms with Crippen molar-refractivity contribution in [3.05, 3.63) is 96.1 Å². The van der Waals surface area contributed by atoms with E-state index in [9.17, 15) is 14.7 Å². The van der Waals surface area contributed by atoms with E-state index in [0.29, 0.717) is 30.9 Å². The molecule has 1 fully saturated rings. The van der Waals surface area contributed by atoms with Crippen LogP contribution in [0.2, 0.25) is 0 Å². The van der Waals surface area contributed by atoms with E-state index in [0.717, 1.165) is 16.6 Å². The molecule has 1 heterocycles. The maximum atomic E-state index is 13.6. The maximum absolute atomic E-state index is 13.6. The average molecular weight is 500 g/mol. The number of hydrogen-bond acceptors (Lipinski definition) is 4. The fraction of sp³-hybridized carbons (Fsp3) is 0.276. The number of fused-ring (bicyclic) bond motifs is 1. The summed E-state index contributed by atoms with van der Waals surface area (Å²) < 4.78 is 1.01. The van der Waals surface area contributed by atoms with Crippen LogP contribution in [0.4, 0.5) is 9.93 Å². The van der Waals surface area contributed by atoms with Gasteiger partial charge in [-0.25, -0.2) is 9.78 Å². The fourth-order valence-corrected chi connectivity index (χ4v) is 6.02. The SMILES string of the molecule is O=C(O)[C@@H]1CC[C@@H](N(CCC(c2ccccc2)c2ccccc2)C(=O)Nc2nc3ccccc3s2)C1. The van der Waals surface area contributed by atoms with Crippen molar-refractivity contribution in [1.82, 2.24) is 9.88 Å². The molecule has 2 amide bonds. The van der Waals surface area contributed by atoms with E-state index in [2.05, 4.69) is 34.6 Å². The Hall–Kier alpha value is -3.71. The van der Waals surface area contributed by atoms with E-state index >= 15 is 0 Å². The number of rotatable bonds is 8. The van der Waals surface area contributed by atoms with Gasteiger partial charge in [-0.2, -0.15) is 0 Å². The highest BCUT2D eigenvalue weighted by molar-refractivity contribution is 7.22. The molecular formula is C29H29N3O3S. The summed E-state index contributed by atoms with van der Waals surface area (Å²) in [5.74, 6) is -1.07. The zero-order valence-corrected chi connectivity index (χ0v) is 20.7. The Labute approximate surface area is 214 Å². The lowest BCUT2D eigenvalue weighted by Crippen LogP contribution is -2.43. The van der Waals surface area contributed by atoms with E-state index < -0.39 is 11.9 Å². The largest absolute Gasteiger partial charge is 0.481 e. The minimum Gasteiger partial charge on any atom is -0.481 e. The standard InChI is InChI=1S/C29H29N3O3S/c33-27(34)22-15-16-23(19-22)32(29(35)31-28-30-25-13-7-8-14-26(25)36-28)18-17-24(20-9-3-1-4-10-20)21-11-5-2-6-12-21/h1-14,22-24H,15-19H2,(H,33,34)(H,30,31,35)/t22-,23-/m1/s1. The molecule has 1 saturated carbocycles. The Balaban J connectivity index is 1.38. The van der Waals surface area contributed by atoms with E-state index in [1.54, 1.807) is 0 Å². The first-order valence-electron chi connectivity index (χ1n) is 12.3. The Morgan fingerprint density at radius 3 is 2.19 bits per heavy atom. The second kappa shape index (κ2) is 10.9. The number of carbonyl (C=O) groups is 2. The van der Waals surface area contributed by atoms with Crippen LogP contribution >= 0.6 is 11.3 Å². The molecule has 3 aromatic carbocycles. The molecule has 0 radical (unpaired) electrons. The Bertz CT molecular complexity index is 1250. The van der Waals surface area contributed by atoms with Crippen molar-refractivity contribution in [3.63, 3.8) is 0 Å². The number of urea groups is 1. The van der Waals surface area contributed by atoms with Gasteiger partial charge in [0.1, 0.15) is 0 Å². The smallest absolute Gasteiger partial charge is 0.323 e. The quantitative estimate of drug-likeness (QED) is 0.286. The molecule has 0 unspecified atom stereocenters. The average Bonchev–Trinajstić information content (AvgIpc) is 3.55. The van der Waals surface area contributed by atoms with Crippen LogP contribution in [0.25, 0.3) is 10.2 Å². The number of para-hydroxylation sites is 1. The minimum atomic E-state index is -0.782. The van der Waals surface area contributed by atoms with Gasteiger partial charge in [0.15, 0.2) is 5.13 Å². The number of aromatic nitrogens is 1. The molecule has 7 heteroatoms. The van der Waals surface area contributed by atoms with Crippen molar-refractivity contribution in [2.24, 2.45) is 5.92 Å². The van der Waals surface area contributed by atoms with Crippen LogP contribution in [0.5, 0.6) is 0 Å². The molecule has 2 N–H and O–H groups in total. The number of aliphatic carboxylic acids is 1. The van der Waals surface area contributed by atoms with Gasteiger partial charge in [-0.1, -0.05) is 84.1 Å². The molecule has 0 spiro atoms. The monoisotopic (exact) mass is 499 g/mol. The lowest BCUT2D eigenvalue weighted by Gasteiger charge is -2.31. The van der Waals surface area contributed by atoms with Crippen molar-refractivity contribution in [2.75, 3.05) is 11.9 Å². The summed E-state index contributed by atoms with van der Waals surface area (Å²) in [4.78, 5) is 31.6. The first-order chi connectivity index (χ1) is 17.6. The Morgan fingerprint density at radius 1 is 0.944 bits per heavy atom. The van der Waals surface area contributed by atoms with Gasteiger partial charge in [0, 0.05) is 18.5 Å². The first kappa shape index (κ1) is 24.0. The van der Waals surface area contributed by atoms with Gasteiger partial charge in [0.05, 0.1) is 16.1 Å². The molecule has 184 valence electrons. The number of carboxylic acids is 1. The second-order valence-corrected chi connectivity index (χ2v) is 10.3. The van der Waals surface area contributed by atoms with E-state index in [1.807, 2.05) is 65.6 Å². The van der Waals surface area contributed by atoms with Gasteiger partial charge in [-0.3, -0.25) is 10.1 Å². The number of amides is 2. The highest BCUT2D eigenvalue weighted by atomic mass is 32.1. The molecule has 1 aliphatic carbocycles. The summed E-state index contributed by atoms with van der Waals surface area (Å²) in [5.41, 5.74) is 3.25. The van der Waals surface area contributed by atoms with Crippen LogP contribution in [-0.4, -0.2) is 39.6 Å². The van der Waals surface area contributed by atoms with Crippen molar-refractivity contribution < 1.29 is 14.7 Å². The number of hydrogen-bond donors (Lipinski definition) is 2. The van der Waals surface area contributed by atoms with Crippen LogP contribution in [0, 0.1) is 5.92 Å². The molecule has 2 atom stereocenters. The summed E-state index contributed by atoms with van der Waals surface area (Å²) in [5, 5.41) is 13.1. The summed E-state index contributed by atoms with van der Waals surface area (Å²) in [6.45, 7) is 0.516. The van der Waals surface area contributed by atoms with Gasteiger partial charge >= 0.3 is 12.0 Å². The van der Waals surface area contributed by atoms with E-state index in [1.165, 1.54) is 22.5 Å². The highest BCUT2D eigenvalue weighted by Crippen LogP contribution is 2.33. The third-order valence-corrected chi connectivity index (χ3v) is 7.98. The van der Waals surface area contributed by atoms with Crippen LogP contribution < -0.4 is 5.32 Å². The van der Waals surface area contributed by atoms with Gasteiger partial charge in [0.25, 0.3) is 0 Å². The highest BCUT2D eigenvalue weighted by Gasteiger charge is 2.36. The summed E-state index contributed by atoms with van der Waals surface area (Å²) in [7, 11) is 0. The summed E-state index contributed by atoms with van der Waals surface area (Å²) in [6.07, 6.45) is 2.48. The van der Waals surface area contributed by atoms with Gasteiger partial charge in [-0.05, 0) is 48.9 Å². The first-order valence-corrected chi connectivity index (χ1v) is 13.2. The van der Waals surface area contributed by atoms with Crippen molar-refractivity contribution in [2.45, 2.75) is 37.6 Å². The van der Waals surface area contributed by atoms with Gasteiger partial charge in [0.2, 0.25) is 0 Å². The Kier molecular flexibility index (Phi) is 7.28. The third kappa shape index (κ3) is 5.41. The summed E-state index contributed by atoms with van der Waals surface area (Å²) >= 11 is 1.45. The van der Waals surface area contributed by atoms with Crippen LogP contribution in [0.3, 0.4) is 0 Å². The number of anilines is 1. The van der Waals surface area contributed by atoms with Crippen molar-refractivity contribution >= 4 is 38.7 Å². The molecule has 6 nitrogen and oxygen atoms in total. The van der Waals surface area contributed by atoms with E-state index in [-0.39, 0.29) is 18.0 Å². The molecular weight excluding hydrogens is 470 g/mol. The van der Waals surface area contributed by atoms with Crippen molar-refractivity contribution in [1.29, 1.82) is 0 Å². The maximum Gasteiger partial charge on any atom is 0.323 e. The molecule has 36 heavy (non-hydrogen) atoms. The van der Waals surface area contributed by atoms with Crippen LogP contribution in [0.15, 0.2) is 84.9 Å². The topological polar surface area (TPSA) is 82.5 Å². The molecule has 4 aromatic rings. The molecule has 0 saturated heterocycles. The van der Waals surface area contributed by atoms with Crippen LogP contribution in [-0.2, 0) is 4.79 Å². The molecule has 0 bridgehead atoms. The van der Waals surface area contributed by atoms with Gasteiger partial charge in [-0.15, -0.1) is 0 Å². The lowest BCUT2D eigenvalue weighted by atomic mass is 9.88. The lowest BCUT2D eigenvalue weighted by molar-refractivity contribution is -0.141. The number of carboxylic acid groups (broad SMARTS) is 1. The Morgan fingerprint density at radius 2 is 1.58 bits per heavy atom. The second-order valence-electron chi connectivity index (χ2n) is 9.27. The van der Waals surface area contributed by atoms with Gasteiger partial charge < -0.3 is 10.0 Å². The number of nitrogens with zero attached hydrogens (tertiary/aromatic N) is 2. The predicted molar refractivity (Wildman–Crippen MR) is 143 cm³/mol. The molecule has 1 aromatic heterocycles. The number of carbonyl (C=O) groups excluding carboxylic acids is 1. The molecule has 5 rings (SSSR count). The predicted octanol–water partition coefficient (Wildman–Crippen LogP) is 6.61. The fourth-order valence-electron chi connectivity index (χ4n) is 5.17. The zero-order chi connectivity index (χ0) is 24.9. The minimum absolute atomic E-state index is 0.118. The van der Waals surface area contributed by atoms with Crippen LogP contribution in [0.1, 0.15) is 42.7 Å².